The van der Waals surface area contributed by atoms with Crippen molar-refractivity contribution in [2.24, 2.45) is 5.92 Å². The van der Waals surface area contributed by atoms with E-state index in [1.807, 2.05) is 7.05 Å². The minimum absolute atomic E-state index is 0. The van der Waals surface area contributed by atoms with Crippen molar-refractivity contribution in [1.29, 1.82) is 0 Å². The molecule has 96 valence electrons. The third kappa shape index (κ3) is 4.25. The molecule has 0 aromatic heterocycles. The molecule has 1 heterocycles. The van der Waals surface area contributed by atoms with Crippen LogP contribution in [0.2, 0.25) is 0 Å². The fourth-order valence-electron chi connectivity index (χ4n) is 2.38. The highest BCUT2D eigenvalue weighted by molar-refractivity contribution is 9.10. The normalized spacial score (nSPS) is 20.2. The van der Waals surface area contributed by atoms with Crippen LogP contribution in [0.1, 0.15) is 12.0 Å². The van der Waals surface area contributed by atoms with Crippen LogP contribution >= 0.6 is 28.3 Å². The Hall–Kier alpha value is -0.0900. The number of nitrogens with zero attached hydrogens (tertiary/aromatic N) is 1. The Kier molecular flexibility index (Phi) is 6.49. The maximum atomic E-state index is 3.61. The molecule has 1 aromatic carbocycles. The van der Waals surface area contributed by atoms with Crippen LogP contribution in [0.25, 0.3) is 0 Å². The molecule has 17 heavy (non-hydrogen) atoms. The second kappa shape index (κ2) is 7.37. The summed E-state index contributed by atoms with van der Waals surface area (Å²) in [5, 5.41) is 3.27. The molecule has 1 fully saturated rings. The van der Waals surface area contributed by atoms with Crippen LogP contribution in [0.5, 0.6) is 0 Å². The molecule has 0 amide bonds. The van der Waals surface area contributed by atoms with E-state index in [1.165, 1.54) is 29.5 Å². The van der Waals surface area contributed by atoms with Crippen molar-refractivity contribution < 1.29 is 0 Å². The summed E-state index contributed by atoms with van der Waals surface area (Å²) in [5.74, 6) is 0.826. The van der Waals surface area contributed by atoms with Gasteiger partial charge in [-0.05, 0) is 44.1 Å². The first-order valence-electron chi connectivity index (χ1n) is 5.90. The van der Waals surface area contributed by atoms with Crippen molar-refractivity contribution in [1.82, 2.24) is 10.2 Å². The van der Waals surface area contributed by atoms with E-state index in [4.69, 9.17) is 0 Å². The zero-order valence-corrected chi connectivity index (χ0v) is 12.6. The van der Waals surface area contributed by atoms with Crippen LogP contribution in [0.4, 0.5) is 0 Å². The van der Waals surface area contributed by atoms with E-state index in [0.29, 0.717) is 0 Å². The van der Waals surface area contributed by atoms with E-state index < -0.39 is 0 Å². The largest absolute Gasteiger partial charge is 0.319 e. The molecule has 1 saturated heterocycles. The van der Waals surface area contributed by atoms with Crippen molar-refractivity contribution in [3.05, 3.63) is 34.3 Å². The van der Waals surface area contributed by atoms with Gasteiger partial charge in [-0.15, -0.1) is 12.4 Å². The van der Waals surface area contributed by atoms with Crippen LogP contribution < -0.4 is 5.32 Å². The number of halogens is 2. The average molecular weight is 320 g/mol. The molecular formula is C13H20BrClN2. The summed E-state index contributed by atoms with van der Waals surface area (Å²) in [6.07, 6.45) is 1.32. The van der Waals surface area contributed by atoms with E-state index >= 15 is 0 Å². The van der Waals surface area contributed by atoms with Crippen LogP contribution in [0.3, 0.4) is 0 Å². The number of hydrogen-bond acceptors (Lipinski definition) is 2. The molecule has 1 aliphatic heterocycles. The van der Waals surface area contributed by atoms with Gasteiger partial charge in [-0.2, -0.15) is 0 Å². The molecule has 2 rings (SSSR count). The highest BCUT2D eigenvalue weighted by Gasteiger charge is 2.21. The lowest BCUT2D eigenvalue weighted by Crippen LogP contribution is -2.24. The summed E-state index contributed by atoms with van der Waals surface area (Å²) in [6, 6.07) is 8.51. The Morgan fingerprint density at radius 3 is 2.88 bits per heavy atom. The minimum Gasteiger partial charge on any atom is -0.319 e. The Labute approximate surface area is 118 Å². The van der Waals surface area contributed by atoms with Crippen LogP contribution in [0, 0.1) is 5.92 Å². The van der Waals surface area contributed by atoms with Gasteiger partial charge in [-0.1, -0.05) is 34.1 Å². The van der Waals surface area contributed by atoms with Crippen molar-refractivity contribution in [3.63, 3.8) is 0 Å². The first-order chi connectivity index (χ1) is 7.79. The van der Waals surface area contributed by atoms with Gasteiger partial charge in [0.1, 0.15) is 0 Å². The van der Waals surface area contributed by atoms with E-state index in [-0.39, 0.29) is 12.4 Å². The SMILES string of the molecule is CNCC1CCN(Cc2ccccc2Br)C1.Cl. The molecule has 2 nitrogen and oxygen atoms in total. The van der Waals surface area contributed by atoms with E-state index in [2.05, 4.69) is 50.4 Å². The molecule has 1 N–H and O–H groups in total. The number of rotatable bonds is 4. The molecule has 0 saturated carbocycles. The third-order valence-electron chi connectivity index (χ3n) is 3.21. The monoisotopic (exact) mass is 318 g/mol. The summed E-state index contributed by atoms with van der Waals surface area (Å²) in [6.45, 7) is 4.67. The zero-order chi connectivity index (χ0) is 11.4. The van der Waals surface area contributed by atoms with Gasteiger partial charge in [-0.25, -0.2) is 0 Å². The Balaban J connectivity index is 0.00000144. The quantitative estimate of drug-likeness (QED) is 0.918. The maximum Gasteiger partial charge on any atom is 0.0245 e. The van der Waals surface area contributed by atoms with Crippen LogP contribution in [-0.2, 0) is 6.54 Å². The lowest BCUT2D eigenvalue weighted by atomic mass is 10.1. The molecule has 1 aliphatic rings. The Bertz CT molecular complexity index is 346. The fraction of sp³-hybridized carbons (Fsp3) is 0.538. The first-order valence-corrected chi connectivity index (χ1v) is 6.69. The Morgan fingerprint density at radius 2 is 2.18 bits per heavy atom. The van der Waals surface area contributed by atoms with Gasteiger partial charge in [0.25, 0.3) is 0 Å². The minimum atomic E-state index is 0. The van der Waals surface area contributed by atoms with Crippen LogP contribution in [-0.4, -0.2) is 31.6 Å². The van der Waals surface area contributed by atoms with Gasteiger partial charge in [0.2, 0.25) is 0 Å². The van der Waals surface area contributed by atoms with Gasteiger partial charge in [0.05, 0.1) is 0 Å². The van der Waals surface area contributed by atoms with Gasteiger partial charge >= 0.3 is 0 Å². The molecule has 0 spiro atoms. The second-order valence-electron chi connectivity index (χ2n) is 4.54. The topological polar surface area (TPSA) is 15.3 Å². The highest BCUT2D eigenvalue weighted by atomic mass is 79.9. The van der Waals surface area contributed by atoms with Gasteiger partial charge in [0.15, 0.2) is 0 Å². The predicted molar refractivity (Wildman–Crippen MR) is 78.7 cm³/mol. The first kappa shape index (κ1) is 15.0. The number of nitrogens with one attached hydrogen (secondary N) is 1. The summed E-state index contributed by atoms with van der Waals surface area (Å²) in [5.41, 5.74) is 1.40. The fourth-order valence-corrected chi connectivity index (χ4v) is 2.79. The lowest BCUT2D eigenvalue weighted by Gasteiger charge is -2.16. The molecule has 1 aromatic rings. The van der Waals surface area contributed by atoms with Gasteiger partial charge < -0.3 is 5.32 Å². The molecule has 1 unspecified atom stereocenters. The third-order valence-corrected chi connectivity index (χ3v) is 3.99. The number of hydrogen-bond donors (Lipinski definition) is 1. The molecule has 1 atom stereocenters. The van der Waals surface area contributed by atoms with Crippen molar-refractivity contribution >= 4 is 28.3 Å². The zero-order valence-electron chi connectivity index (χ0n) is 10.2. The number of benzene rings is 1. The van der Waals surface area contributed by atoms with Gasteiger partial charge in [0, 0.05) is 17.6 Å². The summed E-state index contributed by atoms with van der Waals surface area (Å²) in [4.78, 5) is 2.54. The highest BCUT2D eigenvalue weighted by Crippen LogP contribution is 2.22. The smallest absolute Gasteiger partial charge is 0.0245 e. The lowest BCUT2D eigenvalue weighted by molar-refractivity contribution is 0.315. The molecule has 0 radical (unpaired) electrons. The van der Waals surface area contributed by atoms with Crippen molar-refractivity contribution in [2.75, 3.05) is 26.7 Å². The van der Waals surface area contributed by atoms with E-state index in [9.17, 15) is 0 Å². The molecular weight excluding hydrogens is 300 g/mol. The molecule has 0 bridgehead atoms. The summed E-state index contributed by atoms with van der Waals surface area (Å²) < 4.78 is 1.23. The van der Waals surface area contributed by atoms with Crippen molar-refractivity contribution in [3.8, 4) is 0 Å². The maximum absolute atomic E-state index is 3.61. The summed E-state index contributed by atoms with van der Waals surface area (Å²) >= 11 is 3.61. The van der Waals surface area contributed by atoms with Crippen molar-refractivity contribution in [2.45, 2.75) is 13.0 Å². The van der Waals surface area contributed by atoms with Gasteiger partial charge in [-0.3, -0.25) is 4.90 Å². The molecule has 4 heteroatoms. The average Bonchev–Trinajstić information content (AvgIpc) is 2.70. The molecule has 0 aliphatic carbocycles. The van der Waals surface area contributed by atoms with E-state index in [0.717, 1.165) is 19.0 Å². The predicted octanol–water partition coefficient (Wildman–Crippen LogP) is 2.91. The Morgan fingerprint density at radius 1 is 1.41 bits per heavy atom. The number of likely N-dealkylation sites (tertiary alicyclic amines) is 1. The standard InChI is InChI=1S/C13H19BrN2.ClH/c1-15-8-11-6-7-16(9-11)10-12-4-2-3-5-13(12)14;/h2-5,11,15H,6-10H2,1H3;1H. The second-order valence-corrected chi connectivity index (χ2v) is 5.39. The van der Waals surface area contributed by atoms with Crippen LogP contribution in [0.15, 0.2) is 28.7 Å². The summed E-state index contributed by atoms with van der Waals surface area (Å²) in [7, 11) is 2.04. The van der Waals surface area contributed by atoms with E-state index in [1.54, 1.807) is 0 Å².